The Morgan fingerprint density at radius 1 is 1.46 bits per heavy atom. The number of rotatable bonds is 1. The van der Waals surface area contributed by atoms with Crippen molar-refractivity contribution in [3.8, 4) is 6.07 Å². The van der Waals surface area contributed by atoms with Crippen LogP contribution >= 0.6 is 0 Å². The second-order valence-electron chi connectivity index (χ2n) is 3.43. The van der Waals surface area contributed by atoms with Crippen LogP contribution in [-0.4, -0.2) is 13.1 Å². The summed E-state index contributed by atoms with van der Waals surface area (Å²) in [6.07, 6.45) is 1.19. The molecule has 0 radical (unpaired) electrons. The number of nitriles is 1. The minimum atomic E-state index is 0.605. The molecule has 0 aromatic heterocycles. The molecule has 0 bridgehead atoms. The number of nitrogens with one attached hydrogen (secondary N) is 1. The van der Waals surface area contributed by atoms with Gasteiger partial charge in [0.05, 0.1) is 11.6 Å². The van der Waals surface area contributed by atoms with Gasteiger partial charge in [-0.1, -0.05) is 12.1 Å². The maximum absolute atomic E-state index is 8.74. The Balaban J connectivity index is 2.25. The molecular formula is C11H12N2. The van der Waals surface area contributed by atoms with Crippen LogP contribution in [0.3, 0.4) is 0 Å². The van der Waals surface area contributed by atoms with Gasteiger partial charge < -0.3 is 5.32 Å². The third-order valence-corrected chi connectivity index (χ3v) is 2.55. The largest absolute Gasteiger partial charge is 0.316 e. The van der Waals surface area contributed by atoms with E-state index in [0.717, 1.165) is 18.7 Å². The molecule has 1 saturated heterocycles. The molecule has 1 aliphatic rings. The zero-order valence-corrected chi connectivity index (χ0v) is 7.46. The summed E-state index contributed by atoms with van der Waals surface area (Å²) in [7, 11) is 0. The molecule has 2 nitrogen and oxygen atoms in total. The smallest absolute Gasteiger partial charge is 0.0991 e. The Bertz CT molecular complexity index is 332. The second kappa shape index (κ2) is 3.59. The van der Waals surface area contributed by atoms with Gasteiger partial charge in [0, 0.05) is 6.54 Å². The molecule has 0 aliphatic carbocycles. The van der Waals surface area contributed by atoms with Crippen molar-refractivity contribution in [1.29, 1.82) is 5.26 Å². The summed E-state index contributed by atoms with van der Waals surface area (Å²) in [4.78, 5) is 0. The summed E-state index contributed by atoms with van der Waals surface area (Å²) in [6, 6.07) is 10.1. The molecule has 1 atom stereocenters. The highest BCUT2D eigenvalue weighted by atomic mass is 14.9. The molecule has 13 heavy (non-hydrogen) atoms. The van der Waals surface area contributed by atoms with Gasteiger partial charge in [0.25, 0.3) is 0 Å². The molecule has 1 aromatic rings. The third kappa shape index (κ3) is 1.71. The van der Waals surface area contributed by atoms with Crippen LogP contribution in [0.4, 0.5) is 0 Å². The maximum Gasteiger partial charge on any atom is 0.0991 e. The van der Waals surface area contributed by atoms with E-state index in [1.54, 1.807) is 0 Å². The molecule has 0 spiro atoms. The predicted octanol–water partition coefficient (Wildman–Crippen LogP) is 1.64. The zero-order chi connectivity index (χ0) is 9.10. The van der Waals surface area contributed by atoms with Crippen LogP contribution in [0.15, 0.2) is 24.3 Å². The van der Waals surface area contributed by atoms with Crippen LogP contribution < -0.4 is 5.32 Å². The fourth-order valence-electron chi connectivity index (χ4n) is 1.80. The molecule has 1 fully saturated rings. The van der Waals surface area contributed by atoms with Crippen molar-refractivity contribution < 1.29 is 0 Å². The average molecular weight is 172 g/mol. The molecule has 2 rings (SSSR count). The van der Waals surface area contributed by atoms with E-state index in [0.29, 0.717) is 5.92 Å². The highest BCUT2D eigenvalue weighted by Gasteiger charge is 2.16. The minimum Gasteiger partial charge on any atom is -0.316 e. The average Bonchev–Trinajstić information content (AvgIpc) is 2.71. The first kappa shape index (κ1) is 8.28. The van der Waals surface area contributed by atoms with Crippen molar-refractivity contribution in [2.75, 3.05) is 13.1 Å². The molecule has 0 saturated carbocycles. The van der Waals surface area contributed by atoms with Crippen LogP contribution in [0.25, 0.3) is 0 Å². The van der Waals surface area contributed by atoms with E-state index in [-0.39, 0.29) is 0 Å². The molecule has 1 N–H and O–H groups in total. The van der Waals surface area contributed by atoms with Gasteiger partial charge >= 0.3 is 0 Å². The zero-order valence-electron chi connectivity index (χ0n) is 7.46. The molecule has 2 heteroatoms. The van der Waals surface area contributed by atoms with E-state index in [1.165, 1.54) is 12.0 Å². The first-order valence-corrected chi connectivity index (χ1v) is 4.61. The summed E-state index contributed by atoms with van der Waals surface area (Å²) in [6.45, 7) is 2.15. The summed E-state index contributed by atoms with van der Waals surface area (Å²) in [5.74, 6) is 0.605. The van der Waals surface area contributed by atoms with Gasteiger partial charge in [-0.2, -0.15) is 5.26 Å². The Hall–Kier alpha value is -1.33. The number of nitrogens with zero attached hydrogens (tertiary/aromatic N) is 1. The molecule has 1 heterocycles. The Morgan fingerprint density at radius 2 is 2.38 bits per heavy atom. The quantitative estimate of drug-likeness (QED) is 0.699. The predicted molar refractivity (Wildman–Crippen MR) is 51.4 cm³/mol. The van der Waals surface area contributed by atoms with E-state index in [9.17, 15) is 0 Å². The van der Waals surface area contributed by atoms with Gasteiger partial charge in [-0.25, -0.2) is 0 Å². The van der Waals surface area contributed by atoms with Crippen LogP contribution in [0.1, 0.15) is 23.5 Å². The lowest BCUT2D eigenvalue weighted by atomic mass is 9.97. The summed E-state index contributed by atoms with van der Waals surface area (Å²) < 4.78 is 0. The fraction of sp³-hybridized carbons (Fsp3) is 0.364. The highest BCUT2D eigenvalue weighted by Crippen LogP contribution is 2.22. The van der Waals surface area contributed by atoms with Crippen molar-refractivity contribution in [3.63, 3.8) is 0 Å². The molecular weight excluding hydrogens is 160 g/mol. The normalized spacial score (nSPS) is 21.3. The van der Waals surface area contributed by atoms with Crippen LogP contribution in [0.5, 0.6) is 0 Å². The lowest BCUT2D eigenvalue weighted by Gasteiger charge is -2.07. The highest BCUT2D eigenvalue weighted by molar-refractivity contribution is 5.34. The monoisotopic (exact) mass is 172 g/mol. The Labute approximate surface area is 78.2 Å². The van der Waals surface area contributed by atoms with Crippen molar-refractivity contribution in [2.45, 2.75) is 12.3 Å². The summed E-state index contributed by atoms with van der Waals surface area (Å²) in [5.41, 5.74) is 2.06. The summed E-state index contributed by atoms with van der Waals surface area (Å²) >= 11 is 0. The molecule has 0 unspecified atom stereocenters. The van der Waals surface area contributed by atoms with Crippen molar-refractivity contribution in [1.82, 2.24) is 5.32 Å². The number of hydrogen-bond donors (Lipinski definition) is 1. The SMILES string of the molecule is N#Cc1cccc([C@H]2CCNC2)c1. The molecule has 1 aliphatic heterocycles. The Morgan fingerprint density at radius 3 is 3.08 bits per heavy atom. The first-order valence-electron chi connectivity index (χ1n) is 4.61. The van der Waals surface area contributed by atoms with Crippen molar-refractivity contribution in [3.05, 3.63) is 35.4 Å². The maximum atomic E-state index is 8.74. The third-order valence-electron chi connectivity index (χ3n) is 2.55. The molecule has 66 valence electrons. The standard InChI is InChI=1S/C11H12N2/c12-7-9-2-1-3-10(6-9)11-4-5-13-8-11/h1-3,6,11,13H,4-5,8H2/t11-/m0/s1. The van der Waals surface area contributed by atoms with Gasteiger partial charge in [-0.15, -0.1) is 0 Å². The van der Waals surface area contributed by atoms with Crippen LogP contribution in [0.2, 0.25) is 0 Å². The number of hydrogen-bond acceptors (Lipinski definition) is 2. The molecule has 0 amide bonds. The lowest BCUT2D eigenvalue weighted by Crippen LogP contribution is -2.07. The van der Waals surface area contributed by atoms with E-state index in [4.69, 9.17) is 5.26 Å². The number of benzene rings is 1. The van der Waals surface area contributed by atoms with Crippen molar-refractivity contribution >= 4 is 0 Å². The van der Waals surface area contributed by atoms with E-state index in [2.05, 4.69) is 17.5 Å². The minimum absolute atomic E-state index is 0.605. The van der Waals surface area contributed by atoms with Crippen LogP contribution in [0, 0.1) is 11.3 Å². The van der Waals surface area contributed by atoms with Gasteiger partial charge in [0.1, 0.15) is 0 Å². The lowest BCUT2D eigenvalue weighted by molar-refractivity contribution is 0.763. The topological polar surface area (TPSA) is 35.8 Å². The first-order chi connectivity index (χ1) is 6.40. The van der Waals surface area contributed by atoms with Gasteiger partial charge in [-0.3, -0.25) is 0 Å². The van der Waals surface area contributed by atoms with Crippen molar-refractivity contribution in [2.24, 2.45) is 0 Å². The van der Waals surface area contributed by atoms with Gasteiger partial charge in [0.15, 0.2) is 0 Å². The molecule has 1 aromatic carbocycles. The van der Waals surface area contributed by atoms with E-state index in [1.807, 2.05) is 18.2 Å². The van der Waals surface area contributed by atoms with E-state index < -0.39 is 0 Å². The van der Waals surface area contributed by atoms with E-state index >= 15 is 0 Å². The Kier molecular flexibility index (Phi) is 2.29. The van der Waals surface area contributed by atoms with Crippen LogP contribution in [-0.2, 0) is 0 Å². The summed E-state index contributed by atoms with van der Waals surface area (Å²) in [5, 5.41) is 12.1. The fourth-order valence-corrected chi connectivity index (χ4v) is 1.80. The second-order valence-corrected chi connectivity index (χ2v) is 3.43. The van der Waals surface area contributed by atoms with Gasteiger partial charge in [-0.05, 0) is 36.6 Å². The van der Waals surface area contributed by atoms with Gasteiger partial charge in [0.2, 0.25) is 0 Å².